The molecule has 1 aliphatic rings. The second kappa shape index (κ2) is 3.21. The Labute approximate surface area is 66.7 Å². The predicted molar refractivity (Wildman–Crippen MR) is 41.1 cm³/mol. The minimum atomic E-state index is -0.176. The third-order valence-electron chi connectivity index (χ3n) is 2.18. The normalized spacial score (nSPS) is 34.6. The number of hydrogen-bond donors (Lipinski definition) is 0. The Hall–Kier alpha value is -1.28. The lowest BCUT2D eigenvalue weighted by Crippen LogP contribution is -2.11. The van der Waals surface area contributed by atoms with Crippen molar-refractivity contribution in [3.63, 3.8) is 0 Å². The molecule has 1 aliphatic carbocycles. The van der Waals surface area contributed by atoms with E-state index < -0.39 is 0 Å². The van der Waals surface area contributed by atoms with Crippen LogP contribution in [-0.4, -0.2) is 0 Å². The molecule has 0 spiro atoms. The van der Waals surface area contributed by atoms with Crippen LogP contribution in [0.25, 0.3) is 0 Å². The van der Waals surface area contributed by atoms with Gasteiger partial charge in [-0.2, -0.15) is 10.5 Å². The summed E-state index contributed by atoms with van der Waals surface area (Å²) >= 11 is 0. The molecular weight excluding hydrogens is 136 g/mol. The highest BCUT2D eigenvalue weighted by atomic mass is 14.4. The van der Waals surface area contributed by atoms with E-state index in [0.717, 1.165) is 6.42 Å². The first-order chi connectivity index (χ1) is 5.33. The van der Waals surface area contributed by atoms with Gasteiger partial charge in [0.15, 0.2) is 0 Å². The molecule has 0 amide bonds. The van der Waals surface area contributed by atoms with E-state index in [4.69, 9.17) is 10.5 Å². The van der Waals surface area contributed by atoms with Gasteiger partial charge in [0.05, 0.1) is 24.0 Å². The van der Waals surface area contributed by atoms with Crippen molar-refractivity contribution in [1.29, 1.82) is 10.5 Å². The fraction of sp³-hybridized carbons (Fsp3) is 0.556. The highest BCUT2D eigenvalue weighted by molar-refractivity contribution is 5.19. The summed E-state index contributed by atoms with van der Waals surface area (Å²) in [5.74, 6) is 0.0135. The first-order valence-corrected chi connectivity index (χ1v) is 3.81. The second-order valence-corrected chi connectivity index (χ2v) is 2.77. The van der Waals surface area contributed by atoms with Gasteiger partial charge in [-0.25, -0.2) is 0 Å². The molecule has 0 aliphatic heterocycles. The van der Waals surface area contributed by atoms with Gasteiger partial charge < -0.3 is 0 Å². The minimum Gasteiger partial charge on any atom is -0.198 e. The number of rotatable bonds is 1. The van der Waals surface area contributed by atoms with Crippen LogP contribution in [0, 0.1) is 40.4 Å². The number of hydrogen-bond acceptors (Lipinski definition) is 2. The first-order valence-electron chi connectivity index (χ1n) is 3.81. The maximum absolute atomic E-state index is 8.73. The lowest BCUT2D eigenvalue weighted by Gasteiger charge is -2.10. The molecule has 2 nitrogen and oxygen atoms in total. The summed E-state index contributed by atoms with van der Waals surface area (Å²) in [7, 11) is 0. The smallest absolute Gasteiger partial charge is 0.0807 e. The Morgan fingerprint density at radius 2 is 2.00 bits per heavy atom. The fourth-order valence-corrected chi connectivity index (χ4v) is 1.46. The fourth-order valence-electron chi connectivity index (χ4n) is 1.46. The molecule has 0 heterocycles. The lowest BCUT2D eigenvalue weighted by molar-refractivity contribution is 0.459. The molecule has 0 N–H and O–H groups in total. The van der Waals surface area contributed by atoms with Crippen LogP contribution in [0.2, 0.25) is 0 Å². The Balaban J connectivity index is 2.74. The van der Waals surface area contributed by atoms with Gasteiger partial charge in [-0.3, -0.25) is 0 Å². The van der Waals surface area contributed by atoms with E-state index in [1.807, 2.05) is 19.1 Å². The van der Waals surface area contributed by atoms with Crippen molar-refractivity contribution in [2.24, 2.45) is 17.8 Å². The van der Waals surface area contributed by atoms with Gasteiger partial charge in [0.2, 0.25) is 0 Å². The molecule has 0 radical (unpaired) electrons. The summed E-state index contributed by atoms with van der Waals surface area (Å²) in [4.78, 5) is 0. The van der Waals surface area contributed by atoms with Gasteiger partial charge in [-0.15, -0.1) is 0 Å². The molecule has 1 rings (SSSR count). The van der Waals surface area contributed by atoms with Crippen molar-refractivity contribution in [2.45, 2.75) is 13.3 Å². The van der Waals surface area contributed by atoms with E-state index in [-0.39, 0.29) is 11.8 Å². The maximum atomic E-state index is 8.73. The van der Waals surface area contributed by atoms with Gasteiger partial charge in [-0.1, -0.05) is 19.1 Å². The zero-order valence-electron chi connectivity index (χ0n) is 6.49. The minimum absolute atomic E-state index is 0.106. The Morgan fingerprint density at radius 3 is 2.45 bits per heavy atom. The average Bonchev–Trinajstić information content (AvgIpc) is 2.45. The van der Waals surface area contributed by atoms with E-state index in [2.05, 4.69) is 12.1 Å². The van der Waals surface area contributed by atoms with Crippen LogP contribution in [0.15, 0.2) is 12.2 Å². The monoisotopic (exact) mass is 146 g/mol. The zero-order chi connectivity index (χ0) is 8.27. The molecule has 0 aromatic rings. The molecule has 0 aromatic heterocycles. The lowest BCUT2D eigenvalue weighted by atomic mass is 9.89. The van der Waals surface area contributed by atoms with Gasteiger partial charge in [0.1, 0.15) is 0 Å². The quantitative estimate of drug-likeness (QED) is 0.530. The summed E-state index contributed by atoms with van der Waals surface area (Å²) in [6.45, 7) is 2.04. The molecule has 0 aromatic carbocycles. The van der Waals surface area contributed by atoms with Crippen molar-refractivity contribution < 1.29 is 0 Å². The number of allylic oxidation sites excluding steroid dienone is 2. The van der Waals surface area contributed by atoms with Gasteiger partial charge in [0, 0.05) is 0 Å². The van der Waals surface area contributed by atoms with Gasteiger partial charge in [-0.05, 0) is 12.3 Å². The summed E-state index contributed by atoms with van der Waals surface area (Å²) in [6.07, 6.45) is 4.79. The second-order valence-electron chi connectivity index (χ2n) is 2.77. The van der Waals surface area contributed by atoms with E-state index >= 15 is 0 Å². The average molecular weight is 146 g/mol. The molecule has 0 bridgehead atoms. The highest BCUT2D eigenvalue weighted by Crippen LogP contribution is 2.31. The third kappa shape index (κ3) is 1.25. The molecular formula is C9H10N2. The molecule has 2 heteroatoms. The van der Waals surface area contributed by atoms with Crippen molar-refractivity contribution in [1.82, 2.24) is 0 Å². The maximum Gasteiger partial charge on any atom is 0.0807 e. The van der Waals surface area contributed by atoms with E-state index in [9.17, 15) is 0 Å². The van der Waals surface area contributed by atoms with Crippen LogP contribution in [-0.2, 0) is 0 Å². The molecule has 0 fully saturated rings. The van der Waals surface area contributed by atoms with Crippen molar-refractivity contribution in [3.05, 3.63) is 12.2 Å². The van der Waals surface area contributed by atoms with E-state index in [1.54, 1.807) is 0 Å². The summed E-state index contributed by atoms with van der Waals surface area (Å²) in [6, 6.07) is 4.30. The molecule has 0 saturated carbocycles. The summed E-state index contributed by atoms with van der Waals surface area (Å²) < 4.78 is 0. The standard InChI is InChI=1S/C9H10N2/c1-2-7-3-4-8(5-10)9(7)6-11/h3-4,7-9H,2H2,1H3. The predicted octanol–water partition coefficient (Wildman–Crippen LogP) is 1.86. The van der Waals surface area contributed by atoms with Crippen LogP contribution in [0.1, 0.15) is 13.3 Å². The molecule has 11 heavy (non-hydrogen) atoms. The van der Waals surface area contributed by atoms with Crippen LogP contribution in [0.3, 0.4) is 0 Å². The van der Waals surface area contributed by atoms with Crippen molar-refractivity contribution >= 4 is 0 Å². The summed E-state index contributed by atoms with van der Waals surface area (Å²) in [5.41, 5.74) is 0. The summed E-state index contributed by atoms with van der Waals surface area (Å²) in [5, 5.41) is 17.4. The number of nitriles is 2. The highest BCUT2D eigenvalue weighted by Gasteiger charge is 2.30. The van der Waals surface area contributed by atoms with E-state index in [0.29, 0.717) is 5.92 Å². The van der Waals surface area contributed by atoms with Crippen LogP contribution < -0.4 is 0 Å². The molecule has 3 atom stereocenters. The molecule has 0 saturated heterocycles. The molecule has 56 valence electrons. The van der Waals surface area contributed by atoms with E-state index in [1.165, 1.54) is 0 Å². The van der Waals surface area contributed by atoms with Gasteiger partial charge >= 0.3 is 0 Å². The number of nitrogens with zero attached hydrogens (tertiary/aromatic N) is 2. The third-order valence-corrected chi connectivity index (χ3v) is 2.18. The van der Waals surface area contributed by atoms with Crippen LogP contribution >= 0.6 is 0 Å². The SMILES string of the molecule is CCC1C=CC(C#N)C1C#N. The van der Waals surface area contributed by atoms with Crippen molar-refractivity contribution in [3.8, 4) is 12.1 Å². The zero-order valence-corrected chi connectivity index (χ0v) is 6.49. The Morgan fingerprint density at radius 1 is 1.27 bits per heavy atom. The largest absolute Gasteiger partial charge is 0.198 e. The Kier molecular flexibility index (Phi) is 2.28. The molecule has 3 unspecified atom stereocenters. The Bertz CT molecular complexity index is 241. The van der Waals surface area contributed by atoms with Crippen molar-refractivity contribution in [2.75, 3.05) is 0 Å². The first kappa shape index (κ1) is 7.82. The van der Waals surface area contributed by atoms with Crippen LogP contribution in [0.4, 0.5) is 0 Å². The van der Waals surface area contributed by atoms with Crippen LogP contribution in [0.5, 0.6) is 0 Å². The topological polar surface area (TPSA) is 47.6 Å². The van der Waals surface area contributed by atoms with Gasteiger partial charge in [0.25, 0.3) is 0 Å².